The second-order valence-electron chi connectivity index (χ2n) is 2.40. The summed E-state index contributed by atoms with van der Waals surface area (Å²) >= 11 is 0. The molecule has 0 radical (unpaired) electrons. The molecular weight excluding hydrogens is 186 g/mol. The van der Waals surface area contributed by atoms with Crippen LogP contribution in [-0.4, -0.2) is 20.2 Å². The number of hydrogen-bond donors (Lipinski definition) is 1. The van der Waals surface area contributed by atoms with Crippen molar-refractivity contribution >= 4 is 22.2 Å². The SMILES string of the molecule is Cl.NC/C=C/S(=O)(=O)C1CC1. The maximum Gasteiger partial charge on any atom is 0.174 e. The molecule has 0 bridgehead atoms. The summed E-state index contributed by atoms with van der Waals surface area (Å²) in [5.74, 6) is 0. The van der Waals surface area contributed by atoms with Crippen molar-refractivity contribution in [2.24, 2.45) is 5.73 Å². The zero-order valence-electron chi connectivity index (χ0n) is 6.06. The second-order valence-corrected chi connectivity index (χ2v) is 4.51. The third-order valence-corrected chi connectivity index (χ3v) is 3.38. The third kappa shape index (κ3) is 3.22. The molecule has 1 aliphatic rings. The molecule has 0 unspecified atom stereocenters. The van der Waals surface area contributed by atoms with Gasteiger partial charge in [0, 0.05) is 12.0 Å². The molecule has 0 amide bonds. The molecule has 0 aromatic heterocycles. The molecule has 2 N–H and O–H groups in total. The lowest BCUT2D eigenvalue weighted by Gasteiger charge is -1.90. The van der Waals surface area contributed by atoms with E-state index < -0.39 is 9.84 Å². The molecule has 0 saturated heterocycles. The first-order valence-electron chi connectivity index (χ1n) is 3.27. The Morgan fingerprint density at radius 2 is 2.00 bits per heavy atom. The fourth-order valence-electron chi connectivity index (χ4n) is 0.697. The lowest BCUT2D eigenvalue weighted by atomic mass is 10.7. The van der Waals surface area contributed by atoms with Gasteiger partial charge in [-0.2, -0.15) is 0 Å². The van der Waals surface area contributed by atoms with Crippen LogP contribution in [0.25, 0.3) is 0 Å². The molecule has 0 aromatic rings. The van der Waals surface area contributed by atoms with Gasteiger partial charge in [-0.3, -0.25) is 0 Å². The van der Waals surface area contributed by atoms with Crippen LogP contribution in [0, 0.1) is 0 Å². The van der Waals surface area contributed by atoms with Gasteiger partial charge in [-0.05, 0) is 12.8 Å². The molecule has 66 valence electrons. The van der Waals surface area contributed by atoms with Gasteiger partial charge in [0.15, 0.2) is 9.84 Å². The Morgan fingerprint density at radius 3 is 2.36 bits per heavy atom. The van der Waals surface area contributed by atoms with Crippen molar-refractivity contribution in [3.8, 4) is 0 Å². The van der Waals surface area contributed by atoms with Crippen LogP contribution in [0.4, 0.5) is 0 Å². The van der Waals surface area contributed by atoms with Crippen molar-refractivity contribution in [3.05, 3.63) is 11.5 Å². The molecule has 5 heteroatoms. The predicted molar refractivity (Wildman–Crippen MR) is 47.4 cm³/mol. The van der Waals surface area contributed by atoms with Gasteiger partial charge in [-0.15, -0.1) is 12.4 Å². The number of hydrogen-bond acceptors (Lipinski definition) is 3. The van der Waals surface area contributed by atoms with Crippen LogP contribution in [0.5, 0.6) is 0 Å². The van der Waals surface area contributed by atoms with Crippen LogP contribution in [0.1, 0.15) is 12.8 Å². The van der Waals surface area contributed by atoms with Gasteiger partial charge in [0.05, 0.1) is 5.25 Å². The van der Waals surface area contributed by atoms with Crippen molar-refractivity contribution in [3.63, 3.8) is 0 Å². The molecule has 0 aromatic carbocycles. The molecular formula is C6H12ClNO2S. The molecule has 1 rings (SSSR count). The fraction of sp³-hybridized carbons (Fsp3) is 0.667. The van der Waals surface area contributed by atoms with Crippen molar-refractivity contribution in [2.45, 2.75) is 18.1 Å². The first kappa shape index (κ1) is 10.9. The maximum atomic E-state index is 11.0. The monoisotopic (exact) mass is 197 g/mol. The first-order chi connectivity index (χ1) is 4.67. The highest BCUT2D eigenvalue weighted by atomic mass is 35.5. The summed E-state index contributed by atoms with van der Waals surface area (Å²) in [7, 11) is -2.91. The van der Waals surface area contributed by atoms with E-state index in [0.29, 0.717) is 6.54 Å². The Kier molecular flexibility index (Phi) is 4.07. The average molecular weight is 198 g/mol. The minimum atomic E-state index is -2.91. The summed E-state index contributed by atoms with van der Waals surface area (Å²) in [6.45, 7) is 0.298. The molecule has 1 fully saturated rings. The predicted octanol–water partition coefficient (Wildman–Crippen LogP) is 0.458. The van der Waals surface area contributed by atoms with E-state index in [0.717, 1.165) is 12.8 Å². The second kappa shape index (κ2) is 4.09. The topological polar surface area (TPSA) is 60.2 Å². The first-order valence-corrected chi connectivity index (χ1v) is 4.88. The summed E-state index contributed by atoms with van der Waals surface area (Å²) in [5, 5.41) is 1.13. The van der Waals surface area contributed by atoms with E-state index in [1.165, 1.54) is 11.5 Å². The molecule has 0 heterocycles. The summed E-state index contributed by atoms with van der Waals surface area (Å²) in [4.78, 5) is 0. The van der Waals surface area contributed by atoms with E-state index in [2.05, 4.69) is 0 Å². The van der Waals surface area contributed by atoms with E-state index in [-0.39, 0.29) is 17.7 Å². The largest absolute Gasteiger partial charge is 0.327 e. The van der Waals surface area contributed by atoms with E-state index in [4.69, 9.17) is 5.73 Å². The van der Waals surface area contributed by atoms with Crippen LogP contribution in [0.3, 0.4) is 0 Å². The highest BCUT2D eigenvalue weighted by Crippen LogP contribution is 2.29. The summed E-state index contributed by atoms with van der Waals surface area (Å²) in [6.07, 6.45) is 3.11. The van der Waals surface area contributed by atoms with Crippen LogP contribution >= 0.6 is 12.4 Å². The Balaban J connectivity index is 0.000001000. The molecule has 1 saturated carbocycles. The van der Waals surface area contributed by atoms with Gasteiger partial charge >= 0.3 is 0 Å². The fourth-order valence-corrected chi connectivity index (χ4v) is 2.09. The van der Waals surface area contributed by atoms with E-state index in [9.17, 15) is 8.42 Å². The molecule has 0 aliphatic heterocycles. The van der Waals surface area contributed by atoms with Crippen LogP contribution in [0.2, 0.25) is 0 Å². The molecule has 3 nitrogen and oxygen atoms in total. The number of halogens is 1. The van der Waals surface area contributed by atoms with Crippen LogP contribution in [-0.2, 0) is 9.84 Å². The lowest BCUT2D eigenvalue weighted by molar-refractivity contribution is 0.603. The van der Waals surface area contributed by atoms with Gasteiger partial charge in [-0.25, -0.2) is 8.42 Å². The van der Waals surface area contributed by atoms with Gasteiger partial charge < -0.3 is 5.73 Å². The highest BCUT2D eigenvalue weighted by Gasteiger charge is 2.33. The van der Waals surface area contributed by atoms with Crippen molar-refractivity contribution in [1.29, 1.82) is 0 Å². The lowest BCUT2D eigenvalue weighted by Crippen LogP contribution is -2.03. The average Bonchev–Trinajstić information content (AvgIpc) is 2.64. The van der Waals surface area contributed by atoms with Gasteiger partial charge in [-0.1, -0.05) is 6.08 Å². The third-order valence-electron chi connectivity index (χ3n) is 1.41. The number of rotatable bonds is 3. The Hall–Kier alpha value is -0.0600. The minimum Gasteiger partial charge on any atom is -0.327 e. The normalized spacial score (nSPS) is 18.3. The summed E-state index contributed by atoms with van der Waals surface area (Å²) in [5.41, 5.74) is 5.11. The van der Waals surface area contributed by atoms with Crippen molar-refractivity contribution in [2.75, 3.05) is 6.54 Å². The van der Waals surface area contributed by atoms with Gasteiger partial charge in [0.25, 0.3) is 0 Å². The Labute approximate surface area is 73.0 Å². The van der Waals surface area contributed by atoms with E-state index >= 15 is 0 Å². The van der Waals surface area contributed by atoms with Crippen LogP contribution in [0.15, 0.2) is 11.5 Å². The van der Waals surface area contributed by atoms with Crippen molar-refractivity contribution < 1.29 is 8.42 Å². The van der Waals surface area contributed by atoms with Gasteiger partial charge in [0.2, 0.25) is 0 Å². The smallest absolute Gasteiger partial charge is 0.174 e. The Morgan fingerprint density at radius 1 is 1.45 bits per heavy atom. The number of sulfone groups is 1. The molecule has 0 spiro atoms. The minimum absolute atomic E-state index is 0. The summed E-state index contributed by atoms with van der Waals surface area (Å²) < 4.78 is 22.0. The zero-order chi connectivity index (χ0) is 7.61. The molecule has 1 aliphatic carbocycles. The Bertz CT molecular complexity index is 231. The van der Waals surface area contributed by atoms with E-state index in [1.807, 2.05) is 0 Å². The van der Waals surface area contributed by atoms with Crippen LogP contribution < -0.4 is 5.73 Å². The number of nitrogens with two attached hydrogens (primary N) is 1. The molecule has 11 heavy (non-hydrogen) atoms. The van der Waals surface area contributed by atoms with Gasteiger partial charge in [0.1, 0.15) is 0 Å². The maximum absolute atomic E-state index is 11.0. The van der Waals surface area contributed by atoms with Crippen molar-refractivity contribution in [1.82, 2.24) is 0 Å². The summed E-state index contributed by atoms with van der Waals surface area (Å²) in [6, 6.07) is 0. The highest BCUT2D eigenvalue weighted by molar-refractivity contribution is 7.95. The molecule has 0 atom stereocenters. The zero-order valence-corrected chi connectivity index (χ0v) is 7.70. The standard InChI is InChI=1S/C6H11NO2S.ClH/c7-4-1-5-10(8,9)6-2-3-6;/h1,5-6H,2-4,7H2;1H/b5-1+;. The van der Waals surface area contributed by atoms with E-state index in [1.54, 1.807) is 0 Å². The quantitative estimate of drug-likeness (QED) is 0.715.